The maximum Gasteiger partial charge on any atom is 0.0850 e. The van der Waals surface area contributed by atoms with Crippen LogP contribution in [-0.2, 0) is 9.47 Å². The van der Waals surface area contributed by atoms with Crippen LogP contribution >= 0.6 is 0 Å². The van der Waals surface area contributed by atoms with Crippen LogP contribution in [0.3, 0.4) is 0 Å². The van der Waals surface area contributed by atoms with Crippen molar-refractivity contribution in [2.45, 2.75) is 19.1 Å². The Bertz CT molecular complexity index is 167. The van der Waals surface area contributed by atoms with Crippen LogP contribution in [0.15, 0.2) is 0 Å². The number of aliphatic hydroxyl groups is 1. The Balaban J connectivity index is 2.13. The zero-order chi connectivity index (χ0) is 11.1. The molecule has 0 aromatic rings. The fourth-order valence-electron chi connectivity index (χ4n) is 1.61. The maximum atomic E-state index is 8.54. The molecule has 15 heavy (non-hydrogen) atoms. The largest absolute Gasteiger partial charge is 0.394 e. The average Bonchev–Trinajstić information content (AvgIpc) is 2.25. The van der Waals surface area contributed by atoms with Gasteiger partial charge in [-0.05, 0) is 6.92 Å². The Kier molecular flexibility index (Phi) is 6.12. The van der Waals surface area contributed by atoms with E-state index in [9.17, 15) is 0 Å². The Morgan fingerprint density at radius 3 is 3.07 bits per heavy atom. The van der Waals surface area contributed by atoms with E-state index in [1.165, 1.54) is 0 Å². The lowest BCUT2D eigenvalue weighted by Gasteiger charge is -2.34. The molecule has 1 fully saturated rings. The lowest BCUT2D eigenvalue weighted by molar-refractivity contribution is -0.0454. The molecule has 0 aromatic carbocycles. The van der Waals surface area contributed by atoms with Gasteiger partial charge in [0.05, 0.1) is 32.5 Å². The minimum Gasteiger partial charge on any atom is -0.394 e. The van der Waals surface area contributed by atoms with Gasteiger partial charge in [-0.2, -0.15) is 0 Å². The summed E-state index contributed by atoms with van der Waals surface area (Å²) >= 11 is 0. The zero-order valence-electron chi connectivity index (χ0n) is 9.39. The molecular weight excluding hydrogens is 196 g/mol. The third kappa shape index (κ3) is 4.90. The van der Waals surface area contributed by atoms with Gasteiger partial charge in [0.2, 0.25) is 0 Å². The number of morpholine rings is 1. The molecule has 0 spiro atoms. The van der Waals surface area contributed by atoms with Crippen molar-refractivity contribution in [3.05, 3.63) is 0 Å². The second kappa shape index (κ2) is 7.14. The molecule has 0 radical (unpaired) electrons. The second-order valence-electron chi connectivity index (χ2n) is 3.90. The molecule has 5 heteroatoms. The number of hydrogen-bond acceptors (Lipinski definition) is 5. The number of ether oxygens (including phenoxy) is 2. The van der Waals surface area contributed by atoms with E-state index in [2.05, 4.69) is 4.90 Å². The quantitative estimate of drug-likeness (QED) is 0.562. The Hall–Kier alpha value is -0.200. The number of nitrogens with two attached hydrogens (primary N) is 1. The topological polar surface area (TPSA) is 68.0 Å². The lowest BCUT2D eigenvalue weighted by Crippen LogP contribution is -2.50. The van der Waals surface area contributed by atoms with Crippen molar-refractivity contribution in [1.29, 1.82) is 0 Å². The van der Waals surface area contributed by atoms with Crippen molar-refractivity contribution >= 4 is 0 Å². The first-order valence-corrected chi connectivity index (χ1v) is 5.52. The maximum absolute atomic E-state index is 8.54. The Morgan fingerprint density at radius 2 is 2.40 bits per heavy atom. The van der Waals surface area contributed by atoms with Gasteiger partial charge in [0.25, 0.3) is 0 Å². The van der Waals surface area contributed by atoms with Crippen molar-refractivity contribution in [2.24, 2.45) is 5.73 Å². The molecule has 2 unspecified atom stereocenters. The van der Waals surface area contributed by atoms with Crippen molar-refractivity contribution in [2.75, 3.05) is 46.1 Å². The molecule has 3 N–H and O–H groups in total. The predicted octanol–water partition coefficient (Wildman–Crippen LogP) is -0.957. The molecule has 0 aromatic heterocycles. The summed E-state index contributed by atoms with van der Waals surface area (Å²) in [4.78, 5) is 2.29. The van der Waals surface area contributed by atoms with E-state index in [4.69, 9.17) is 20.3 Å². The van der Waals surface area contributed by atoms with Crippen molar-refractivity contribution in [3.63, 3.8) is 0 Å². The average molecular weight is 218 g/mol. The lowest BCUT2D eigenvalue weighted by atomic mass is 10.1. The minimum absolute atomic E-state index is 0.0751. The second-order valence-corrected chi connectivity index (χ2v) is 3.90. The fourth-order valence-corrected chi connectivity index (χ4v) is 1.61. The number of rotatable bonds is 6. The van der Waals surface area contributed by atoms with Gasteiger partial charge in [-0.25, -0.2) is 0 Å². The van der Waals surface area contributed by atoms with Crippen LogP contribution in [0.4, 0.5) is 0 Å². The highest BCUT2D eigenvalue weighted by molar-refractivity contribution is 4.77. The molecule has 1 rings (SSSR count). The van der Waals surface area contributed by atoms with Crippen LogP contribution in [0.25, 0.3) is 0 Å². The van der Waals surface area contributed by atoms with Gasteiger partial charge in [-0.3, -0.25) is 4.90 Å². The predicted molar refractivity (Wildman–Crippen MR) is 57.7 cm³/mol. The van der Waals surface area contributed by atoms with E-state index < -0.39 is 0 Å². The van der Waals surface area contributed by atoms with E-state index in [1.807, 2.05) is 6.92 Å². The van der Waals surface area contributed by atoms with Gasteiger partial charge in [0.15, 0.2) is 0 Å². The molecule has 2 atom stereocenters. The highest BCUT2D eigenvalue weighted by Gasteiger charge is 2.22. The van der Waals surface area contributed by atoms with Crippen LogP contribution in [0.1, 0.15) is 6.92 Å². The van der Waals surface area contributed by atoms with Crippen LogP contribution < -0.4 is 5.73 Å². The summed E-state index contributed by atoms with van der Waals surface area (Å²) in [6, 6.07) is 0.0751. The summed E-state index contributed by atoms with van der Waals surface area (Å²) in [5, 5.41) is 8.54. The third-order valence-electron chi connectivity index (χ3n) is 2.55. The Labute approximate surface area is 91.1 Å². The van der Waals surface area contributed by atoms with Gasteiger partial charge in [0, 0.05) is 25.7 Å². The number of aliphatic hydroxyl groups excluding tert-OH is 1. The van der Waals surface area contributed by atoms with Crippen molar-refractivity contribution in [3.8, 4) is 0 Å². The Morgan fingerprint density at radius 1 is 1.60 bits per heavy atom. The molecule has 0 bridgehead atoms. The summed E-state index contributed by atoms with van der Waals surface area (Å²) < 4.78 is 10.8. The van der Waals surface area contributed by atoms with Gasteiger partial charge >= 0.3 is 0 Å². The normalized spacial score (nSPS) is 25.4. The van der Waals surface area contributed by atoms with Crippen LogP contribution in [0.5, 0.6) is 0 Å². The SMILES string of the molecule is CC(N)C1CN(CCOCCO)CCO1. The molecule has 90 valence electrons. The standard InChI is InChI=1S/C10H22N2O3/c1-9(11)10-8-12(3-6-15-10)2-5-14-7-4-13/h9-10,13H,2-8,11H2,1H3. The molecule has 1 aliphatic rings. The first kappa shape index (κ1) is 12.9. The highest BCUT2D eigenvalue weighted by Crippen LogP contribution is 2.07. The summed E-state index contributed by atoms with van der Waals surface area (Å²) in [6.07, 6.45) is 0.136. The van der Waals surface area contributed by atoms with E-state index in [0.29, 0.717) is 13.2 Å². The molecule has 0 saturated carbocycles. The van der Waals surface area contributed by atoms with Gasteiger partial charge in [-0.1, -0.05) is 0 Å². The molecule has 1 saturated heterocycles. The van der Waals surface area contributed by atoms with Crippen LogP contribution in [0, 0.1) is 0 Å². The highest BCUT2D eigenvalue weighted by atomic mass is 16.5. The summed E-state index contributed by atoms with van der Waals surface area (Å²) in [6.45, 7) is 6.57. The number of nitrogens with zero attached hydrogens (tertiary/aromatic N) is 1. The van der Waals surface area contributed by atoms with Gasteiger partial charge in [0.1, 0.15) is 0 Å². The van der Waals surface area contributed by atoms with Crippen LogP contribution in [0.2, 0.25) is 0 Å². The fraction of sp³-hybridized carbons (Fsp3) is 1.00. The van der Waals surface area contributed by atoms with Gasteiger partial charge < -0.3 is 20.3 Å². The molecule has 0 aliphatic carbocycles. The van der Waals surface area contributed by atoms with E-state index in [1.54, 1.807) is 0 Å². The van der Waals surface area contributed by atoms with E-state index >= 15 is 0 Å². The summed E-state index contributed by atoms with van der Waals surface area (Å²) in [7, 11) is 0. The molecule has 1 heterocycles. The molecule has 5 nitrogen and oxygen atoms in total. The summed E-state index contributed by atoms with van der Waals surface area (Å²) in [5.41, 5.74) is 5.79. The molecule has 1 aliphatic heterocycles. The first-order chi connectivity index (χ1) is 7.24. The van der Waals surface area contributed by atoms with E-state index in [-0.39, 0.29) is 18.8 Å². The number of hydrogen-bond donors (Lipinski definition) is 2. The van der Waals surface area contributed by atoms with Crippen LogP contribution in [-0.4, -0.2) is 68.2 Å². The van der Waals surface area contributed by atoms with Crippen molar-refractivity contribution in [1.82, 2.24) is 4.90 Å². The smallest absolute Gasteiger partial charge is 0.0850 e. The van der Waals surface area contributed by atoms with E-state index in [0.717, 1.165) is 26.2 Å². The third-order valence-corrected chi connectivity index (χ3v) is 2.55. The molecular formula is C10H22N2O3. The first-order valence-electron chi connectivity index (χ1n) is 5.52. The molecule has 0 amide bonds. The minimum atomic E-state index is 0.0751. The van der Waals surface area contributed by atoms with Crippen molar-refractivity contribution < 1.29 is 14.6 Å². The summed E-state index contributed by atoms with van der Waals surface area (Å²) in [5.74, 6) is 0. The zero-order valence-corrected chi connectivity index (χ0v) is 9.39. The van der Waals surface area contributed by atoms with Gasteiger partial charge in [-0.15, -0.1) is 0 Å². The monoisotopic (exact) mass is 218 g/mol.